The summed E-state index contributed by atoms with van der Waals surface area (Å²) in [5, 5.41) is 1.22. The molecule has 0 amide bonds. The zero-order valence-corrected chi connectivity index (χ0v) is 27.0. The van der Waals surface area contributed by atoms with Gasteiger partial charge in [-0.3, -0.25) is 0 Å². The number of benzene rings is 1. The Morgan fingerprint density at radius 2 is 1.14 bits per heavy atom. The molecular formula is C19H44O4Si6. The fourth-order valence-corrected chi connectivity index (χ4v) is 31.7. The molecule has 0 saturated heterocycles. The molecule has 1 aromatic carbocycles. The quantitative estimate of drug-likeness (QED) is 0.373. The van der Waals surface area contributed by atoms with Crippen LogP contribution < -0.4 is 5.19 Å². The van der Waals surface area contributed by atoms with E-state index in [0.29, 0.717) is 0 Å². The zero-order chi connectivity index (χ0) is 22.7. The van der Waals surface area contributed by atoms with Crippen LogP contribution in [-0.2, 0) is 16.5 Å². The minimum atomic E-state index is -2.73. The zero-order valence-electron chi connectivity index (χ0n) is 20.8. The largest absolute Gasteiger partial charge is 0.456 e. The molecular weight excluding hydrogens is 461 g/mol. The summed E-state index contributed by atoms with van der Waals surface area (Å²) >= 11 is 0. The first-order valence-electron chi connectivity index (χ1n) is 10.6. The van der Waals surface area contributed by atoms with Crippen LogP contribution in [0.5, 0.6) is 0 Å². The fraction of sp³-hybridized carbons (Fsp3) is 0.684. The molecule has 0 fully saturated rings. The Morgan fingerprint density at radius 3 is 1.55 bits per heavy atom. The van der Waals surface area contributed by atoms with Crippen molar-refractivity contribution in [3.05, 3.63) is 30.3 Å². The van der Waals surface area contributed by atoms with Crippen molar-refractivity contribution in [1.82, 2.24) is 0 Å². The van der Waals surface area contributed by atoms with Gasteiger partial charge in [-0.05, 0) is 83.8 Å². The topological polar surface area (TPSA) is 36.9 Å². The van der Waals surface area contributed by atoms with Gasteiger partial charge in [-0.25, -0.2) is 0 Å². The minimum Gasteiger partial charge on any atom is -0.456 e. The molecule has 0 saturated carbocycles. The molecule has 0 aliphatic heterocycles. The van der Waals surface area contributed by atoms with Crippen LogP contribution in [0, 0.1) is 0 Å². The van der Waals surface area contributed by atoms with Gasteiger partial charge in [0.1, 0.15) is 0 Å². The molecule has 0 heterocycles. The van der Waals surface area contributed by atoms with Crippen molar-refractivity contribution >= 4 is 56.3 Å². The Balaban J connectivity index is 3.45. The van der Waals surface area contributed by atoms with Crippen LogP contribution in [-0.4, -0.2) is 51.1 Å². The first kappa shape index (κ1) is 27.4. The van der Waals surface area contributed by atoms with Crippen LogP contribution in [0.15, 0.2) is 30.3 Å². The second-order valence-electron chi connectivity index (χ2n) is 11.4. The van der Waals surface area contributed by atoms with E-state index in [9.17, 15) is 0 Å². The Labute approximate surface area is 186 Å². The van der Waals surface area contributed by atoms with Gasteiger partial charge in [-0.15, -0.1) is 0 Å². The van der Waals surface area contributed by atoms with E-state index in [-0.39, 0.29) is 0 Å². The smallest absolute Gasteiger partial charge is 0.352 e. The molecule has 0 bridgehead atoms. The predicted octanol–water partition coefficient (Wildman–Crippen LogP) is 5.50. The SMILES string of the molecule is C[SiH](O[Si](C)(C)C)O[Si](C[Si](C)(C)O[Si](C)(C)C)(O[Si](C)(C)C)c1ccccc1. The second-order valence-corrected chi connectivity index (χ2v) is 35.7. The molecule has 4 nitrogen and oxygen atoms in total. The molecule has 10 heteroatoms. The highest BCUT2D eigenvalue weighted by Crippen LogP contribution is 2.30. The average molecular weight is 505 g/mol. The molecule has 168 valence electrons. The highest BCUT2D eigenvalue weighted by atomic mass is 28.5. The molecule has 0 N–H and O–H groups in total. The summed E-state index contributed by atoms with van der Waals surface area (Å²) in [4.78, 5) is 0. The van der Waals surface area contributed by atoms with Crippen LogP contribution in [0.25, 0.3) is 0 Å². The third-order valence-corrected chi connectivity index (χ3v) is 25.7. The van der Waals surface area contributed by atoms with Crippen LogP contribution in [0.3, 0.4) is 0 Å². The summed E-state index contributed by atoms with van der Waals surface area (Å²) in [5.41, 5.74) is 0.908. The first-order valence-corrected chi connectivity index (χ1v) is 28.1. The van der Waals surface area contributed by atoms with E-state index in [2.05, 4.69) is 109 Å². The number of hydrogen-bond acceptors (Lipinski definition) is 4. The molecule has 0 radical (unpaired) electrons. The lowest BCUT2D eigenvalue weighted by molar-refractivity contribution is 0.354. The van der Waals surface area contributed by atoms with Crippen molar-refractivity contribution < 1.29 is 16.5 Å². The van der Waals surface area contributed by atoms with Crippen molar-refractivity contribution in [2.24, 2.45) is 0 Å². The van der Waals surface area contributed by atoms with Gasteiger partial charge in [0.15, 0.2) is 33.3 Å². The molecule has 0 aliphatic carbocycles. The Bertz CT molecular complexity index is 637. The third-order valence-electron chi connectivity index (χ3n) is 3.80. The minimum absolute atomic E-state index is 0.908. The first-order chi connectivity index (χ1) is 12.8. The van der Waals surface area contributed by atoms with Gasteiger partial charge in [0.2, 0.25) is 0 Å². The lowest BCUT2D eigenvalue weighted by atomic mass is 10.4. The average Bonchev–Trinajstić information content (AvgIpc) is 2.40. The van der Waals surface area contributed by atoms with Gasteiger partial charge < -0.3 is 16.5 Å². The molecule has 29 heavy (non-hydrogen) atoms. The molecule has 0 aromatic heterocycles. The van der Waals surface area contributed by atoms with Gasteiger partial charge in [-0.1, -0.05) is 30.3 Å². The van der Waals surface area contributed by atoms with E-state index in [0.717, 1.165) is 5.67 Å². The van der Waals surface area contributed by atoms with Crippen LogP contribution >= 0.6 is 0 Å². The van der Waals surface area contributed by atoms with Crippen molar-refractivity contribution in [1.29, 1.82) is 0 Å². The number of hydrogen-bond donors (Lipinski definition) is 0. The van der Waals surface area contributed by atoms with Crippen LogP contribution in [0.4, 0.5) is 0 Å². The maximum atomic E-state index is 7.04. The molecule has 1 rings (SSSR count). The Kier molecular flexibility index (Phi) is 9.33. The van der Waals surface area contributed by atoms with Gasteiger partial charge in [0.05, 0.1) is 0 Å². The van der Waals surface area contributed by atoms with Gasteiger partial charge >= 0.3 is 8.56 Å². The highest BCUT2D eigenvalue weighted by molar-refractivity contribution is 7.01. The van der Waals surface area contributed by atoms with Crippen LogP contribution in [0.2, 0.25) is 84.2 Å². The Hall–Kier alpha value is 0.361. The lowest BCUT2D eigenvalue weighted by Gasteiger charge is -2.44. The highest BCUT2D eigenvalue weighted by Gasteiger charge is 2.51. The Morgan fingerprint density at radius 1 is 0.655 bits per heavy atom. The van der Waals surface area contributed by atoms with E-state index in [1.807, 2.05) is 0 Å². The summed E-state index contributed by atoms with van der Waals surface area (Å²) in [6.45, 7) is 27.2. The van der Waals surface area contributed by atoms with E-state index in [4.69, 9.17) is 16.5 Å². The molecule has 2 unspecified atom stereocenters. The summed E-state index contributed by atoms with van der Waals surface area (Å²) in [7, 11) is -11.8. The predicted molar refractivity (Wildman–Crippen MR) is 142 cm³/mol. The third kappa shape index (κ3) is 11.0. The molecule has 1 aromatic rings. The normalized spacial score (nSPS) is 17.1. The molecule has 0 spiro atoms. The monoisotopic (exact) mass is 504 g/mol. The van der Waals surface area contributed by atoms with E-state index in [1.165, 1.54) is 5.19 Å². The standard InChI is InChI=1S/C19H44O4Si6/c1-24(20-25(2,3)4)21-29(23-27(8,9)10,19-16-14-13-15-17-19)18-28(11,12)22-26(5,6)7/h13-17,24H,18H2,1-12H3. The maximum Gasteiger partial charge on any atom is 0.352 e. The maximum absolute atomic E-state index is 7.04. The van der Waals surface area contributed by atoms with Crippen LogP contribution in [0.1, 0.15) is 0 Å². The van der Waals surface area contributed by atoms with Gasteiger partial charge in [0.25, 0.3) is 9.28 Å². The second kappa shape index (κ2) is 9.88. The molecule has 0 aliphatic rings. The van der Waals surface area contributed by atoms with Gasteiger partial charge in [0, 0.05) is 5.67 Å². The summed E-state index contributed by atoms with van der Waals surface area (Å²) in [6.07, 6.45) is 0. The summed E-state index contributed by atoms with van der Waals surface area (Å²) in [6, 6.07) is 10.7. The number of rotatable bonds is 11. The van der Waals surface area contributed by atoms with Crippen molar-refractivity contribution in [3.8, 4) is 0 Å². The fourth-order valence-electron chi connectivity index (χ4n) is 3.73. The lowest BCUT2D eigenvalue weighted by Crippen LogP contribution is -2.65. The summed E-state index contributed by atoms with van der Waals surface area (Å²) < 4.78 is 27.2. The van der Waals surface area contributed by atoms with Crippen molar-refractivity contribution in [2.45, 2.75) is 84.2 Å². The summed E-state index contributed by atoms with van der Waals surface area (Å²) in [5.74, 6) is 0. The molecule has 2 atom stereocenters. The van der Waals surface area contributed by atoms with Gasteiger partial charge in [-0.2, -0.15) is 0 Å². The van der Waals surface area contributed by atoms with E-state index in [1.54, 1.807) is 0 Å². The van der Waals surface area contributed by atoms with E-state index >= 15 is 0 Å². The van der Waals surface area contributed by atoms with Crippen molar-refractivity contribution in [3.63, 3.8) is 0 Å². The van der Waals surface area contributed by atoms with E-state index < -0.39 is 51.1 Å². The van der Waals surface area contributed by atoms with Crippen molar-refractivity contribution in [2.75, 3.05) is 0 Å².